The zero-order valence-electron chi connectivity index (χ0n) is 12.3. The lowest BCUT2D eigenvalue weighted by Gasteiger charge is -2.21. The van der Waals surface area contributed by atoms with E-state index in [1.807, 2.05) is 7.05 Å². The molecular formula is C14H21FN2O3S. The monoisotopic (exact) mass is 316 g/mol. The van der Waals surface area contributed by atoms with E-state index in [0.29, 0.717) is 12.1 Å². The molecule has 1 aliphatic heterocycles. The Labute approximate surface area is 125 Å². The fraction of sp³-hybridized carbons (Fsp3) is 0.571. The third kappa shape index (κ3) is 3.60. The van der Waals surface area contributed by atoms with Gasteiger partial charge in [0.15, 0.2) is 0 Å². The van der Waals surface area contributed by atoms with Crippen molar-refractivity contribution in [3.63, 3.8) is 0 Å². The minimum Gasteiger partial charge on any atom is -0.392 e. The van der Waals surface area contributed by atoms with Crippen LogP contribution in [0.2, 0.25) is 0 Å². The van der Waals surface area contributed by atoms with Crippen LogP contribution in [0, 0.1) is 11.7 Å². The van der Waals surface area contributed by atoms with Crippen LogP contribution >= 0.6 is 0 Å². The average molecular weight is 316 g/mol. The van der Waals surface area contributed by atoms with Gasteiger partial charge >= 0.3 is 0 Å². The number of rotatable bonds is 5. The zero-order valence-corrected chi connectivity index (χ0v) is 13.1. The van der Waals surface area contributed by atoms with Gasteiger partial charge in [-0.15, -0.1) is 0 Å². The molecule has 1 heterocycles. The van der Waals surface area contributed by atoms with Gasteiger partial charge in [0, 0.05) is 20.1 Å². The highest BCUT2D eigenvalue weighted by Crippen LogP contribution is 2.22. The van der Waals surface area contributed by atoms with Crippen molar-refractivity contribution >= 4 is 10.0 Å². The van der Waals surface area contributed by atoms with E-state index in [1.165, 1.54) is 23.5 Å². The van der Waals surface area contributed by atoms with Crippen molar-refractivity contribution in [2.75, 3.05) is 33.7 Å². The molecule has 1 unspecified atom stereocenters. The van der Waals surface area contributed by atoms with E-state index < -0.39 is 15.8 Å². The first-order valence-electron chi connectivity index (χ1n) is 6.88. The van der Waals surface area contributed by atoms with Gasteiger partial charge in [-0.05, 0) is 43.6 Å². The highest BCUT2D eigenvalue weighted by molar-refractivity contribution is 7.89. The molecule has 0 saturated carbocycles. The van der Waals surface area contributed by atoms with Crippen LogP contribution in [0.4, 0.5) is 4.39 Å². The first kappa shape index (κ1) is 16.4. The molecule has 1 saturated heterocycles. The van der Waals surface area contributed by atoms with Crippen LogP contribution in [0.15, 0.2) is 23.1 Å². The van der Waals surface area contributed by atoms with Crippen LogP contribution in [0.1, 0.15) is 12.0 Å². The van der Waals surface area contributed by atoms with Crippen molar-refractivity contribution in [2.45, 2.75) is 17.9 Å². The molecule has 7 heteroatoms. The summed E-state index contributed by atoms with van der Waals surface area (Å²) in [6, 6.07) is 3.70. The number of halogens is 1. The summed E-state index contributed by atoms with van der Waals surface area (Å²) in [6.45, 7) is 1.87. The van der Waals surface area contributed by atoms with Gasteiger partial charge in [-0.3, -0.25) is 0 Å². The predicted molar refractivity (Wildman–Crippen MR) is 77.7 cm³/mol. The van der Waals surface area contributed by atoms with Crippen LogP contribution in [0.5, 0.6) is 0 Å². The maximum atomic E-state index is 13.9. The molecule has 2 rings (SSSR count). The average Bonchev–Trinajstić information content (AvgIpc) is 2.83. The van der Waals surface area contributed by atoms with E-state index in [2.05, 4.69) is 4.90 Å². The van der Waals surface area contributed by atoms with Crippen molar-refractivity contribution in [1.82, 2.24) is 9.21 Å². The fourth-order valence-electron chi connectivity index (χ4n) is 2.66. The Kier molecular flexibility index (Phi) is 4.98. The van der Waals surface area contributed by atoms with E-state index >= 15 is 0 Å². The second-order valence-electron chi connectivity index (χ2n) is 5.63. The predicted octanol–water partition coefficient (Wildman–Crippen LogP) is 0.890. The third-order valence-corrected chi connectivity index (χ3v) is 5.73. The topological polar surface area (TPSA) is 60.9 Å². The molecule has 1 aliphatic rings. The van der Waals surface area contributed by atoms with E-state index in [0.717, 1.165) is 25.6 Å². The first-order chi connectivity index (χ1) is 9.84. The molecule has 0 spiro atoms. The Hall–Kier alpha value is -1.02. The highest BCUT2D eigenvalue weighted by atomic mass is 32.2. The van der Waals surface area contributed by atoms with Crippen LogP contribution < -0.4 is 0 Å². The van der Waals surface area contributed by atoms with Crippen molar-refractivity contribution < 1.29 is 17.9 Å². The molecule has 0 aliphatic carbocycles. The van der Waals surface area contributed by atoms with Gasteiger partial charge in [-0.25, -0.2) is 17.1 Å². The molecule has 1 N–H and O–H groups in total. The minimum absolute atomic E-state index is 0.273. The van der Waals surface area contributed by atoms with Crippen molar-refractivity contribution in [3.05, 3.63) is 29.6 Å². The summed E-state index contributed by atoms with van der Waals surface area (Å²) in [4.78, 5) is 1.82. The fourth-order valence-corrected chi connectivity index (χ4v) is 3.95. The second-order valence-corrected chi connectivity index (χ2v) is 7.64. The van der Waals surface area contributed by atoms with Gasteiger partial charge in [0.05, 0.1) is 6.61 Å². The van der Waals surface area contributed by atoms with Gasteiger partial charge in [-0.1, -0.05) is 6.07 Å². The number of hydrogen-bond donors (Lipinski definition) is 1. The van der Waals surface area contributed by atoms with E-state index in [9.17, 15) is 12.8 Å². The lowest BCUT2D eigenvalue weighted by atomic mass is 10.1. The lowest BCUT2D eigenvalue weighted by molar-refractivity contribution is 0.281. The van der Waals surface area contributed by atoms with Crippen LogP contribution in [0.25, 0.3) is 0 Å². The summed E-state index contributed by atoms with van der Waals surface area (Å²) in [5.41, 5.74) is 0.353. The van der Waals surface area contributed by atoms with Crippen molar-refractivity contribution in [1.29, 1.82) is 0 Å². The largest absolute Gasteiger partial charge is 0.392 e. The Morgan fingerprint density at radius 3 is 2.71 bits per heavy atom. The Morgan fingerprint density at radius 1 is 1.48 bits per heavy atom. The summed E-state index contributed by atoms with van der Waals surface area (Å²) in [7, 11) is -0.360. The summed E-state index contributed by atoms with van der Waals surface area (Å²) >= 11 is 0. The molecule has 21 heavy (non-hydrogen) atoms. The molecule has 0 aromatic heterocycles. The molecule has 118 valence electrons. The lowest BCUT2D eigenvalue weighted by Crippen LogP contribution is -2.33. The Morgan fingerprint density at radius 2 is 2.19 bits per heavy atom. The molecule has 0 radical (unpaired) electrons. The molecular weight excluding hydrogens is 295 g/mol. The molecule has 0 bridgehead atoms. The number of aliphatic hydroxyl groups excluding tert-OH is 1. The normalized spacial score (nSPS) is 20.3. The van der Waals surface area contributed by atoms with E-state index in [4.69, 9.17) is 5.11 Å². The SMILES string of the molecule is CN1CCC(CN(C)S(=O)(=O)c2ccc(CO)cc2F)C1. The molecule has 5 nitrogen and oxygen atoms in total. The summed E-state index contributed by atoms with van der Waals surface area (Å²) < 4.78 is 40.0. The summed E-state index contributed by atoms with van der Waals surface area (Å²) in [6.07, 6.45) is 0.947. The van der Waals surface area contributed by atoms with Crippen LogP contribution in [0.3, 0.4) is 0 Å². The van der Waals surface area contributed by atoms with Gasteiger partial charge in [0.1, 0.15) is 10.7 Å². The summed E-state index contributed by atoms with van der Waals surface area (Å²) in [5.74, 6) is -0.550. The maximum absolute atomic E-state index is 13.9. The van der Waals surface area contributed by atoms with E-state index in [1.54, 1.807) is 0 Å². The van der Waals surface area contributed by atoms with Gasteiger partial charge in [-0.2, -0.15) is 0 Å². The van der Waals surface area contributed by atoms with Crippen LogP contribution in [-0.4, -0.2) is 56.5 Å². The smallest absolute Gasteiger partial charge is 0.245 e. The molecule has 1 fully saturated rings. The number of likely N-dealkylation sites (tertiary alicyclic amines) is 1. The Balaban J connectivity index is 2.17. The zero-order chi connectivity index (χ0) is 15.6. The quantitative estimate of drug-likeness (QED) is 0.876. The molecule has 1 aromatic rings. The molecule has 1 aromatic carbocycles. The van der Waals surface area contributed by atoms with Gasteiger partial charge in [0.25, 0.3) is 0 Å². The number of aliphatic hydroxyl groups is 1. The number of nitrogens with zero attached hydrogens (tertiary/aromatic N) is 2. The minimum atomic E-state index is -3.84. The maximum Gasteiger partial charge on any atom is 0.245 e. The number of hydrogen-bond acceptors (Lipinski definition) is 4. The second kappa shape index (κ2) is 6.39. The highest BCUT2D eigenvalue weighted by Gasteiger charge is 2.29. The van der Waals surface area contributed by atoms with Crippen molar-refractivity contribution in [2.24, 2.45) is 5.92 Å². The summed E-state index contributed by atoms with van der Waals surface area (Å²) in [5, 5.41) is 8.95. The van der Waals surface area contributed by atoms with Gasteiger partial charge in [0.2, 0.25) is 10.0 Å². The number of sulfonamides is 1. The van der Waals surface area contributed by atoms with E-state index in [-0.39, 0.29) is 17.4 Å². The molecule has 1 atom stereocenters. The van der Waals surface area contributed by atoms with Gasteiger partial charge < -0.3 is 10.0 Å². The standard InChI is InChI=1S/C14H21FN2O3S/c1-16-6-5-12(8-16)9-17(2)21(19,20)14-4-3-11(10-18)7-13(14)15/h3-4,7,12,18H,5-6,8-10H2,1-2H3. The first-order valence-corrected chi connectivity index (χ1v) is 8.32. The number of benzene rings is 1. The van der Waals surface area contributed by atoms with Crippen molar-refractivity contribution in [3.8, 4) is 0 Å². The molecule has 0 amide bonds. The third-order valence-electron chi connectivity index (χ3n) is 3.87. The Bertz CT molecular complexity index is 606. The van der Waals surface area contributed by atoms with Crippen LogP contribution in [-0.2, 0) is 16.6 Å².